The van der Waals surface area contributed by atoms with Crippen molar-refractivity contribution in [3.8, 4) is 0 Å². The van der Waals surface area contributed by atoms with Crippen LogP contribution in [0.4, 0.5) is 0 Å². The molecule has 0 spiro atoms. The molecule has 0 aromatic carbocycles. The van der Waals surface area contributed by atoms with E-state index in [1.165, 1.54) is 19.3 Å². The normalized spacial score (nSPS) is 22.2. The fourth-order valence-corrected chi connectivity index (χ4v) is 2.14. The number of carbonyl (C=O) groups excluding carboxylic acids is 1. The number of ketones is 1. The van der Waals surface area contributed by atoms with Crippen LogP contribution in [-0.2, 0) is 4.79 Å². The zero-order chi connectivity index (χ0) is 9.03. The Balaban J connectivity index is 2.50. The Labute approximate surface area is 75.5 Å². The van der Waals surface area contributed by atoms with Gasteiger partial charge < -0.3 is 0 Å². The van der Waals surface area contributed by atoms with Crippen molar-refractivity contribution < 1.29 is 4.79 Å². The van der Waals surface area contributed by atoms with Crippen molar-refractivity contribution in [1.82, 2.24) is 0 Å². The Hall–Kier alpha value is -0.330. The third kappa shape index (κ3) is 2.09. The van der Waals surface area contributed by atoms with E-state index in [0.717, 1.165) is 25.7 Å². The molecule has 12 heavy (non-hydrogen) atoms. The molecule has 0 radical (unpaired) electrons. The van der Waals surface area contributed by atoms with Crippen molar-refractivity contribution in [2.75, 3.05) is 0 Å². The highest BCUT2D eigenvalue weighted by atomic mass is 16.1. The van der Waals surface area contributed by atoms with Crippen molar-refractivity contribution in [1.29, 1.82) is 0 Å². The van der Waals surface area contributed by atoms with Gasteiger partial charge in [0.25, 0.3) is 0 Å². The van der Waals surface area contributed by atoms with Gasteiger partial charge in [0.15, 0.2) is 0 Å². The number of hydrogen-bond acceptors (Lipinski definition) is 1. The predicted octanol–water partition coefficient (Wildman–Crippen LogP) is 3.33. The number of rotatable bonds is 3. The number of carbonyl (C=O) groups is 1. The van der Waals surface area contributed by atoms with Crippen LogP contribution in [0.1, 0.15) is 58.8 Å². The second-order valence-corrected chi connectivity index (χ2v) is 4.29. The van der Waals surface area contributed by atoms with Gasteiger partial charge in [-0.2, -0.15) is 0 Å². The van der Waals surface area contributed by atoms with E-state index in [2.05, 4.69) is 13.8 Å². The molecule has 0 saturated heterocycles. The van der Waals surface area contributed by atoms with Gasteiger partial charge >= 0.3 is 0 Å². The van der Waals surface area contributed by atoms with Crippen LogP contribution in [0.2, 0.25) is 0 Å². The molecule has 0 aromatic heterocycles. The molecule has 1 fully saturated rings. The maximum absolute atomic E-state index is 11.7. The van der Waals surface area contributed by atoms with E-state index in [1.807, 2.05) is 0 Å². The van der Waals surface area contributed by atoms with Crippen LogP contribution < -0.4 is 0 Å². The average molecular weight is 168 g/mol. The summed E-state index contributed by atoms with van der Waals surface area (Å²) in [7, 11) is 0. The minimum Gasteiger partial charge on any atom is -0.299 e. The van der Waals surface area contributed by atoms with Crippen molar-refractivity contribution in [2.45, 2.75) is 58.8 Å². The van der Waals surface area contributed by atoms with E-state index >= 15 is 0 Å². The fourth-order valence-electron chi connectivity index (χ4n) is 2.14. The zero-order valence-electron chi connectivity index (χ0n) is 8.36. The highest BCUT2D eigenvalue weighted by Gasteiger charge is 2.32. The molecule has 0 bridgehead atoms. The average Bonchev–Trinajstić information content (AvgIpc) is 2.06. The maximum atomic E-state index is 11.7. The molecule has 1 rings (SSSR count). The molecule has 0 amide bonds. The largest absolute Gasteiger partial charge is 0.299 e. The summed E-state index contributed by atoms with van der Waals surface area (Å²) in [5.41, 5.74) is 0.0499. The van der Waals surface area contributed by atoms with Crippen LogP contribution in [-0.4, -0.2) is 5.78 Å². The molecule has 0 heterocycles. The Morgan fingerprint density at radius 2 is 1.83 bits per heavy atom. The second-order valence-electron chi connectivity index (χ2n) is 4.29. The Morgan fingerprint density at radius 1 is 1.25 bits per heavy atom. The predicted molar refractivity (Wildman–Crippen MR) is 51.1 cm³/mol. The molecule has 1 aliphatic carbocycles. The minimum atomic E-state index is 0.0499. The summed E-state index contributed by atoms with van der Waals surface area (Å²) in [5.74, 6) is 0.504. The van der Waals surface area contributed by atoms with E-state index in [4.69, 9.17) is 0 Å². The highest BCUT2D eigenvalue weighted by molar-refractivity contribution is 5.84. The van der Waals surface area contributed by atoms with E-state index in [9.17, 15) is 4.79 Å². The first-order valence-electron chi connectivity index (χ1n) is 5.22. The highest BCUT2D eigenvalue weighted by Crippen LogP contribution is 2.37. The molecular weight excluding hydrogens is 148 g/mol. The number of Topliss-reactive ketones (excluding diaryl/α,β-unsaturated/α-hetero) is 1. The van der Waals surface area contributed by atoms with E-state index in [1.54, 1.807) is 0 Å². The Kier molecular flexibility index (Phi) is 3.30. The summed E-state index contributed by atoms with van der Waals surface area (Å²) in [4.78, 5) is 11.7. The van der Waals surface area contributed by atoms with Gasteiger partial charge in [-0.05, 0) is 19.3 Å². The molecule has 1 saturated carbocycles. The van der Waals surface area contributed by atoms with E-state index in [0.29, 0.717) is 5.78 Å². The quantitative estimate of drug-likeness (QED) is 0.631. The lowest BCUT2D eigenvalue weighted by atomic mass is 9.72. The van der Waals surface area contributed by atoms with Gasteiger partial charge in [0.2, 0.25) is 0 Å². The Morgan fingerprint density at radius 3 is 2.33 bits per heavy atom. The first kappa shape index (κ1) is 9.76. The van der Waals surface area contributed by atoms with Crippen LogP contribution in [0.25, 0.3) is 0 Å². The van der Waals surface area contributed by atoms with E-state index < -0.39 is 0 Å². The van der Waals surface area contributed by atoms with Crippen LogP contribution >= 0.6 is 0 Å². The molecule has 1 heteroatoms. The van der Waals surface area contributed by atoms with Gasteiger partial charge in [0.1, 0.15) is 5.78 Å². The summed E-state index contributed by atoms with van der Waals surface area (Å²) in [5, 5.41) is 0. The Bertz CT molecular complexity index is 154. The van der Waals surface area contributed by atoms with Crippen molar-refractivity contribution in [3.05, 3.63) is 0 Å². The van der Waals surface area contributed by atoms with Crippen LogP contribution in [0.15, 0.2) is 0 Å². The molecule has 0 aromatic rings. The summed E-state index contributed by atoms with van der Waals surface area (Å²) >= 11 is 0. The summed E-state index contributed by atoms with van der Waals surface area (Å²) in [6.07, 6.45) is 7.90. The third-order valence-corrected chi connectivity index (χ3v) is 3.11. The fraction of sp³-hybridized carbons (Fsp3) is 0.909. The van der Waals surface area contributed by atoms with Crippen molar-refractivity contribution >= 4 is 5.78 Å². The summed E-state index contributed by atoms with van der Waals surface area (Å²) in [6, 6.07) is 0. The van der Waals surface area contributed by atoms with Crippen LogP contribution in [0.5, 0.6) is 0 Å². The van der Waals surface area contributed by atoms with Gasteiger partial charge in [-0.15, -0.1) is 0 Å². The zero-order valence-corrected chi connectivity index (χ0v) is 8.36. The smallest absolute Gasteiger partial charge is 0.138 e. The maximum Gasteiger partial charge on any atom is 0.138 e. The second kappa shape index (κ2) is 4.06. The summed E-state index contributed by atoms with van der Waals surface area (Å²) < 4.78 is 0. The standard InChI is InChI=1S/C11H20O/c1-3-7-10(12)11(2)8-5-4-6-9-11/h3-9H2,1-2H3. The van der Waals surface area contributed by atoms with Gasteiger partial charge in [0, 0.05) is 11.8 Å². The molecule has 1 nitrogen and oxygen atoms in total. The lowest BCUT2D eigenvalue weighted by Crippen LogP contribution is -2.29. The van der Waals surface area contributed by atoms with Crippen molar-refractivity contribution in [3.63, 3.8) is 0 Å². The SMILES string of the molecule is CCCC(=O)C1(C)CCCCC1. The third-order valence-electron chi connectivity index (χ3n) is 3.11. The van der Waals surface area contributed by atoms with Gasteiger partial charge in [-0.3, -0.25) is 4.79 Å². The van der Waals surface area contributed by atoms with Gasteiger partial charge in [-0.1, -0.05) is 33.1 Å². The lowest BCUT2D eigenvalue weighted by molar-refractivity contribution is -0.129. The number of hydrogen-bond donors (Lipinski definition) is 0. The molecule has 0 aliphatic heterocycles. The monoisotopic (exact) mass is 168 g/mol. The first-order chi connectivity index (χ1) is 5.69. The molecule has 1 aliphatic rings. The molecule has 0 N–H and O–H groups in total. The van der Waals surface area contributed by atoms with Crippen molar-refractivity contribution in [2.24, 2.45) is 5.41 Å². The topological polar surface area (TPSA) is 17.1 Å². The van der Waals surface area contributed by atoms with Gasteiger partial charge in [0.05, 0.1) is 0 Å². The summed E-state index contributed by atoms with van der Waals surface area (Å²) in [6.45, 7) is 4.24. The first-order valence-corrected chi connectivity index (χ1v) is 5.22. The van der Waals surface area contributed by atoms with Crippen LogP contribution in [0, 0.1) is 5.41 Å². The molecule has 0 atom stereocenters. The minimum absolute atomic E-state index is 0.0499. The molecular formula is C11H20O. The van der Waals surface area contributed by atoms with E-state index in [-0.39, 0.29) is 5.41 Å². The molecule has 70 valence electrons. The van der Waals surface area contributed by atoms with Crippen LogP contribution in [0.3, 0.4) is 0 Å². The molecule has 0 unspecified atom stereocenters. The lowest BCUT2D eigenvalue weighted by Gasteiger charge is -2.31. The van der Waals surface area contributed by atoms with Gasteiger partial charge in [-0.25, -0.2) is 0 Å².